The highest BCUT2D eigenvalue weighted by molar-refractivity contribution is 7.19. The number of hydrogen-bond donors (Lipinski definition) is 0. The van der Waals surface area contributed by atoms with Gasteiger partial charge in [0.15, 0.2) is 8.07 Å². The smallest absolute Gasteiger partial charge is 0.0623 e. The van der Waals surface area contributed by atoms with Gasteiger partial charge in [0.05, 0.1) is 0 Å². The second kappa shape index (κ2) is 8.59. The Kier molecular flexibility index (Phi) is 5.34. The van der Waals surface area contributed by atoms with Gasteiger partial charge in [0.25, 0.3) is 0 Å². The van der Waals surface area contributed by atoms with E-state index in [0.717, 1.165) is 0 Å². The zero-order chi connectivity index (χ0) is 20.9. The molecule has 0 spiro atoms. The lowest BCUT2D eigenvalue weighted by Gasteiger charge is -2.34. The van der Waals surface area contributed by atoms with Crippen molar-refractivity contribution in [1.29, 1.82) is 0 Å². The quantitative estimate of drug-likeness (QED) is 0.289. The molecule has 0 N–H and O–H groups in total. The first-order valence-electron chi connectivity index (χ1n) is 10.7. The zero-order valence-corrected chi connectivity index (χ0v) is 18.4. The molecule has 1 heteroatoms. The molecule has 0 aliphatic rings. The van der Waals surface area contributed by atoms with Gasteiger partial charge in [-0.15, -0.1) is 0 Å². The topological polar surface area (TPSA) is 0 Å². The van der Waals surface area contributed by atoms with E-state index in [1.54, 1.807) is 0 Å². The number of rotatable bonds is 5. The predicted molar refractivity (Wildman–Crippen MR) is 135 cm³/mol. The molecule has 0 radical (unpaired) electrons. The van der Waals surface area contributed by atoms with Crippen molar-refractivity contribution in [2.75, 3.05) is 0 Å². The van der Waals surface area contributed by atoms with Crippen LogP contribution in [0.2, 0.25) is 0 Å². The van der Waals surface area contributed by atoms with Crippen LogP contribution in [0.3, 0.4) is 0 Å². The summed E-state index contributed by atoms with van der Waals surface area (Å²) in [5, 5.41) is 5.60. The molecule has 0 aromatic heterocycles. The SMILES string of the molecule is c1ccc(-c2cccc([Si](c3ccccc3)(c3ccccc3)c3ccccc3)c2)cc1. The molecule has 0 nitrogen and oxygen atoms in total. The number of benzene rings is 5. The lowest BCUT2D eigenvalue weighted by Crippen LogP contribution is -2.74. The summed E-state index contributed by atoms with van der Waals surface area (Å²) in [6.07, 6.45) is 0. The second-order valence-corrected chi connectivity index (χ2v) is 11.6. The van der Waals surface area contributed by atoms with Crippen LogP contribution in [0.4, 0.5) is 0 Å². The maximum atomic E-state index is 2.41. The van der Waals surface area contributed by atoms with Crippen molar-refractivity contribution in [3.05, 3.63) is 146 Å². The van der Waals surface area contributed by atoms with Crippen molar-refractivity contribution < 1.29 is 0 Å². The predicted octanol–water partition coefficient (Wildman–Crippen LogP) is 4.73. The Hall–Kier alpha value is -3.68. The van der Waals surface area contributed by atoms with Crippen LogP contribution in [0, 0.1) is 0 Å². The molecule has 5 rings (SSSR count). The minimum atomic E-state index is -2.46. The highest BCUT2D eigenvalue weighted by Crippen LogP contribution is 2.19. The van der Waals surface area contributed by atoms with E-state index in [2.05, 4.69) is 146 Å². The summed E-state index contributed by atoms with van der Waals surface area (Å²) in [5.74, 6) is 0. The van der Waals surface area contributed by atoms with Crippen molar-refractivity contribution in [1.82, 2.24) is 0 Å². The molecule has 0 bridgehead atoms. The Morgan fingerprint density at radius 3 is 1.10 bits per heavy atom. The van der Waals surface area contributed by atoms with Gasteiger partial charge in [-0.2, -0.15) is 0 Å². The summed E-state index contributed by atoms with van der Waals surface area (Å²) in [6, 6.07) is 53.0. The monoisotopic (exact) mass is 412 g/mol. The van der Waals surface area contributed by atoms with E-state index in [4.69, 9.17) is 0 Å². The summed E-state index contributed by atoms with van der Waals surface area (Å²) in [4.78, 5) is 0. The zero-order valence-electron chi connectivity index (χ0n) is 17.4. The molecule has 5 aromatic rings. The molecule has 0 saturated heterocycles. The Morgan fingerprint density at radius 2 is 0.645 bits per heavy atom. The van der Waals surface area contributed by atoms with Gasteiger partial charge >= 0.3 is 0 Å². The fraction of sp³-hybridized carbons (Fsp3) is 0. The van der Waals surface area contributed by atoms with Gasteiger partial charge in [-0.3, -0.25) is 0 Å². The van der Waals surface area contributed by atoms with Crippen LogP contribution >= 0.6 is 0 Å². The van der Waals surface area contributed by atoms with E-state index in [9.17, 15) is 0 Å². The summed E-state index contributed by atoms with van der Waals surface area (Å²) < 4.78 is 0. The van der Waals surface area contributed by atoms with Crippen LogP contribution in [0.25, 0.3) is 11.1 Å². The van der Waals surface area contributed by atoms with Crippen molar-refractivity contribution in [3.8, 4) is 11.1 Å². The summed E-state index contributed by atoms with van der Waals surface area (Å²) in [5.41, 5.74) is 2.51. The third kappa shape index (κ3) is 3.54. The van der Waals surface area contributed by atoms with E-state index in [-0.39, 0.29) is 0 Å². The Balaban J connectivity index is 1.85. The average Bonchev–Trinajstić information content (AvgIpc) is 2.87. The normalized spacial score (nSPS) is 11.2. The van der Waals surface area contributed by atoms with Crippen LogP contribution in [0.15, 0.2) is 146 Å². The first-order valence-corrected chi connectivity index (χ1v) is 12.7. The van der Waals surface area contributed by atoms with Crippen molar-refractivity contribution in [2.24, 2.45) is 0 Å². The Bertz CT molecular complexity index is 1150. The first-order chi connectivity index (χ1) is 15.4. The summed E-state index contributed by atoms with van der Waals surface area (Å²) in [7, 11) is -2.46. The molecule has 0 fully saturated rings. The molecular weight excluding hydrogens is 388 g/mol. The molecule has 0 heterocycles. The molecule has 0 amide bonds. The molecule has 148 valence electrons. The van der Waals surface area contributed by atoms with E-state index < -0.39 is 8.07 Å². The Labute approximate surface area is 185 Å². The molecule has 0 saturated carbocycles. The van der Waals surface area contributed by atoms with Crippen molar-refractivity contribution in [2.45, 2.75) is 0 Å². The van der Waals surface area contributed by atoms with E-state index in [1.807, 2.05) is 0 Å². The van der Waals surface area contributed by atoms with Crippen LogP contribution in [0.1, 0.15) is 0 Å². The van der Waals surface area contributed by atoms with Gasteiger partial charge in [0, 0.05) is 0 Å². The fourth-order valence-electron chi connectivity index (χ4n) is 4.63. The summed E-state index contributed by atoms with van der Waals surface area (Å²) in [6.45, 7) is 0. The molecular formula is C30H24Si. The molecule has 0 unspecified atom stereocenters. The van der Waals surface area contributed by atoms with Crippen LogP contribution in [-0.4, -0.2) is 8.07 Å². The maximum absolute atomic E-state index is 2.46. The maximum Gasteiger partial charge on any atom is 0.179 e. The van der Waals surface area contributed by atoms with Crippen LogP contribution in [0.5, 0.6) is 0 Å². The third-order valence-corrected chi connectivity index (χ3v) is 10.8. The van der Waals surface area contributed by atoms with E-state index >= 15 is 0 Å². The fourth-order valence-corrected chi connectivity index (χ4v) is 9.42. The first kappa shape index (κ1) is 19.3. The summed E-state index contributed by atoms with van der Waals surface area (Å²) >= 11 is 0. The number of hydrogen-bond acceptors (Lipinski definition) is 0. The van der Waals surface area contributed by atoms with Crippen LogP contribution < -0.4 is 20.7 Å². The standard InChI is InChI=1S/C30H24Si/c1-5-14-25(15-6-1)26-16-13-23-30(24-26)31(27-17-7-2-8-18-27,28-19-9-3-10-20-28)29-21-11-4-12-22-29/h1-24H. The van der Waals surface area contributed by atoms with Gasteiger partial charge in [0.2, 0.25) is 0 Å². The van der Waals surface area contributed by atoms with Gasteiger partial charge < -0.3 is 0 Å². The van der Waals surface area contributed by atoms with E-state index in [0.29, 0.717) is 0 Å². The minimum Gasteiger partial charge on any atom is -0.0623 e. The lowest BCUT2D eigenvalue weighted by atomic mass is 10.1. The lowest BCUT2D eigenvalue weighted by molar-refractivity contribution is 1.62. The third-order valence-electron chi connectivity index (χ3n) is 6.02. The van der Waals surface area contributed by atoms with Gasteiger partial charge in [-0.05, 0) is 31.9 Å². The average molecular weight is 413 g/mol. The van der Waals surface area contributed by atoms with Crippen molar-refractivity contribution >= 4 is 28.8 Å². The molecule has 0 atom stereocenters. The molecule has 0 aliphatic heterocycles. The highest BCUT2D eigenvalue weighted by Gasteiger charge is 2.41. The van der Waals surface area contributed by atoms with Gasteiger partial charge in [-0.1, -0.05) is 146 Å². The van der Waals surface area contributed by atoms with Crippen molar-refractivity contribution in [3.63, 3.8) is 0 Å². The van der Waals surface area contributed by atoms with Gasteiger partial charge in [0.1, 0.15) is 0 Å². The highest BCUT2D eigenvalue weighted by atomic mass is 28.3. The minimum absolute atomic E-state index is 1.25. The van der Waals surface area contributed by atoms with Crippen LogP contribution in [-0.2, 0) is 0 Å². The molecule has 31 heavy (non-hydrogen) atoms. The molecule has 0 aliphatic carbocycles. The molecule has 5 aromatic carbocycles. The Morgan fingerprint density at radius 1 is 0.290 bits per heavy atom. The van der Waals surface area contributed by atoms with E-state index in [1.165, 1.54) is 31.9 Å². The second-order valence-electron chi connectivity index (χ2n) is 7.79. The largest absolute Gasteiger partial charge is 0.179 e. The van der Waals surface area contributed by atoms with Gasteiger partial charge in [-0.25, -0.2) is 0 Å².